The van der Waals surface area contributed by atoms with E-state index in [0.29, 0.717) is 11.3 Å². The van der Waals surface area contributed by atoms with Crippen molar-refractivity contribution in [2.45, 2.75) is 0 Å². The standard InChI is InChI=1S/C9H11BrN2O3S/c1-11-16(14,15)12-8-4-2-7(3-5-8)9(13)6-10/h2-5,11-12H,6H2,1H3. The van der Waals surface area contributed by atoms with Crippen LogP contribution in [-0.4, -0.2) is 26.6 Å². The lowest BCUT2D eigenvalue weighted by Gasteiger charge is -2.06. The minimum atomic E-state index is -3.51. The van der Waals surface area contributed by atoms with E-state index in [1.165, 1.54) is 19.2 Å². The van der Waals surface area contributed by atoms with Crippen molar-refractivity contribution in [2.24, 2.45) is 0 Å². The number of nitrogens with one attached hydrogen (secondary N) is 2. The molecule has 7 heteroatoms. The summed E-state index contributed by atoms with van der Waals surface area (Å²) < 4.78 is 26.7. The van der Waals surface area contributed by atoms with Crippen LogP contribution in [0.15, 0.2) is 24.3 Å². The van der Waals surface area contributed by atoms with Gasteiger partial charge in [-0.25, -0.2) is 4.72 Å². The molecule has 0 aliphatic rings. The predicted molar refractivity (Wildman–Crippen MR) is 66.2 cm³/mol. The number of hydrogen-bond acceptors (Lipinski definition) is 3. The highest BCUT2D eigenvalue weighted by Gasteiger charge is 2.07. The molecule has 0 heterocycles. The molecular formula is C9H11BrN2O3S. The number of alkyl halides is 1. The Kier molecular flexibility index (Phi) is 4.45. The number of benzene rings is 1. The maximum atomic E-state index is 11.3. The van der Waals surface area contributed by atoms with E-state index in [4.69, 9.17) is 0 Å². The van der Waals surface area contributed by atoms with Crippen LogP contribution in [0.2, 0.25) is 0 Å². The highest BCUT2D eigenvalue weighted by atomic mass is 79.9. The van der Waals surface area contributed by atoms with Gasteiger partial charge in [-0.2, -0.15) is 8.42 Å². The van der Waals surface area contributed by atoms with E-state index in [1.54, 1.807) is 12.1 Å². The first-order valence-electron chi connectivity index (χ1n) is 4.39. The number of ketones is 1. The summed E-state index contributed by atoms with van der Waals surface area (Å²) in [5.74, 6) is -0.0528. The Morgan fingerprint density at radius 3 is 2.31 bits per heavy atom. The Balaban J connectivity index is 2.84. The molecule has 0 amide bonds. The largest absolute Gasteiger partial charge is 0.298 e. The molecule has 0 spiro atoms. The molecule has 0 bridgehead atoms. The van der Waals surface area contributed by atoms with Crippen LogP contribution in [0.3, 0.4) is 0 Å². The first kappa shape index (κ1) is 13.1. The predicted octanol–water partition coefficient (Wildman–Crippen LogP) is 1.14. The van der Waals surface area contributed by atoms with E-state index in [0.717, 1.165) is 0 Å². The Hall–Kier alpha value is -0.920. The molecule has 0 aliphatic heterocycles. The summed E-state index contributed by atoms with van der Waals surface area (Å²) in [5, 5.41) is 0.245. The second kappa shape index (κ2) is 5.42. The van der Waals surface area contributed by atoms with Crippen LogP contribution in [0, 0.1) is 0 Å². The van der Waals surface area contributed by atoms with Crippen molar-refractivity contribution in [1.82, 2.24) is 4.72 Å². The number of Topliss-reactive ketones (excluding diaryl/α,β-unsaturated/α-hetero) is 1. The van der Waals surface area contributed by atoms with Gasteiger partial charge in [-0.1, -0.05) is 15.9 Å². The summed E-state index contributed by atoms with van der Waals surface area (Å²) >= 11 is 3.06. The van der Waals surface area contributed by atoms with Gasteiger partial charge in [0, 0.05) is 18.3 Å². The van der Waals surface area contributed by atoms with Crippen LogP contribution in [0.4, 0.5) is 5.69 Å². The Bertz CT molecular complexity index is 470. The fourth-order valence-electron chi connectivity index (χ4n) is 1.01. The number of rotatable bonds is 5. The van der Waals surface area contributed by atoms with Crippen LogP contribution in [0.5, 0.6) is 0 Å². The van der Waals surface area contributed by atoms with Crippen LogP contribution in [-0.2, 0) is 10.2 Å². The molecule has 1 aromatic rings. The third-order valence-electron chi connectivity index (χ3n) is 1.85. The van der Waals surface area contributed by atoms with E-state index in [9.17, 15) is 13.2 Å². The van der Waals surface area contributed by atoms with Crippen molar-refractivity contribution < 1.29 is 13.2 Å². The van der Waals surface area contributed by atoms with Crippen LogP contribution >= 0.6 is 15.9 Å². The van der Waals surface area contributed by atoms with Crippen molar-refractivity contribution >= 4 is 37.6 Å². The minimum Gasteiger partial charge on any atom is -0.293 e. The normalized spacial score (nSPS) is 11.1. The second-order valence-corrected chi connectivity index (χ2v) is 5.12. The van der Waals surface area contributed by atoms with Gasteiger partial charge >= 0.3 is 0 Å². The molecule has 0 saturated carbocycles. The van der Waals surface area contributed by atoms with Gasteiger partial charge in [0.2, 0.25) is 0 Å². The fourth-order valence-corrected chi connectivity index (χ4v) is 1.88. The zero-order valence-electron chi connectivity index (χ0n) is 8.53. The monoisotopic (exact) mass is 306 g/mol. The van der Waals surface area contributed by atoms with Crippen molar-refractivity contribution in [3.63, 3.8) is 0 Å². The van der Waals surface area contributed by atoms with Gasteiger partial charge in [-0.3, -0.25) is 9.52 Å². The maximum Gasteiger partial charge on any atom is 0.298 e. The Morgan fingerprint density at radius 1 is 1.31 bits per heavy atom. The number of anilines is 1. The molecule has 0 aliphatic carbocycles. The van der Waals surface area contributed by atoms with Crippen molar-refractivity contribution in [1.29, 1.82) is 0 Å². The zero-order chi connectivity index (χ0) is 12.2. The Morgan fingerprint density at radius 2 is 1.88 bits per heavy atom. The van der Waals surface area contributed by atoms with E-state index in [1.807, 2.05) is 0 Å². The third kappa shape index (κ3) is 3.58. The average Bonchev–Trinajstić information content (AvgIpc) is 2.28. The molecule has 16 heavy (non-hydrogen) atoms. The molecule has 0 unspecified atom stereocenters. The first-order valence-corrected chi connectivity index (χ1v) is 6.99. The molecule has 5 nitrogen and oxygen atoms in total. The number of hydrogen-bond donors (Lipinski definition) is 2. The molecule has 0 aromatic heterocycles. The van der Waals surface area contributed by atoms with E-state index >= 15 is 0 Å². The van der Waals surface area contributed by atoms with E-state index < -0.39 is 10.2 Å². The number of carbonyl (C=O) groups excluding carboxylic acids is 1. The first-order chi connectivity index (χ1) is 7.48. The highest BCUT2D eigenvalue weighted by Crippen LogP contribution is 2.11. The smallest absolute Gasteiger partial charge is 0.293 e. The minimum absolute atomic E-state index is 0.0528. The topological polar surface area (TPSA) is 75.3 Å². The molecule has 0 saturated heterocycles. The van der Waals surface area contributed by atoms with Gasteiger partial charge in [0.15, 0.2) is 5.78 Å². The lowest BCUT2D eigenvalue weighted by Crippen LogP contribution is -2.26. The van der Waals surface area contributed by atoms with E-state index in [2.05, 4.69) is 25.4 Å². The highest BCUT2D eigenvalue weighted by molar-refractivity contribution is 9.09. The SMILES string of the molecule is CNS(=O)(=O)Nc1ccc(C(=O)CBr)cc1. The fraction of sp³-hybridized carbons (Fsp3) is 0.222. The lowest BCUT2D eigenvalue weighted by molar-refractivity contribution is 0.102. The number of carbonyl (C=O) groups is 1. The molecule has 0 fully saturated rings. The van der Waals surface area contributed by atoms with Gasteiger partial charge in [-0.15, -0.1) is 0 Å². The Labute approximate surface area is 103 Å². The third-order valence-corrected chi connectivity index (χ3v) is 3.40. The molecule has 1 rings (SSSR count). The van der Waals surface area contributed by atoms with Crippen molar-refractivity contribution in [2.75, 3.05) is 17.1 Å². The summed E-state index contributed by atoms with van der Waals surface area (Å²) in [6.45, 7) is 0. The molecule has 1 aromatic carbocycles. The number of halogens is 1. The van der Waals surface area contributed by atoms with Crippen LogP contribution < -0.4 is 9.44 Å². The molecule has 0 atom stereocenters. The summed E-state index contributed by atoms with van der Waals surface area (Å²) in [5.41, 5.74) is 0.935. The van der Waals surface area contributed by atoms with E-state index in [-0.39, 0.29) is 11.1 Å². The molecule has 2 N–H and O–H groups in total. The van der Waals surface area contributed by atoms with Gasteiger partial charge in [-0.05, 0) is 24.3 Å². The van der Waals surface area contributed by atoms with Crippen molar-refractivity contribution in [3.05, 3.63) is 29.8 Å². The van der Waals surface area contributed by atoms with Crippen LogP contribution in [0.25, 0.3) is 0 Å². The molecule has 88 valence electrons. The molecule has 0 radical (unpaired) electrons. The lowest BCUT2D eigenvalue weighted by atomic mass is 10.1. The quantitative estimate of drug-likeness (QED) is 0.633. The maximum absolute atomic E-state index is 11.3. The van der Waals surface area contributed by atoms with Crippen LogP contribution in [0.1, 0.15) is 10.4 Å². The van der Waals surface area contributed by atoms with Gasteiger partial charge in [0.1, 0.15) is 0 Å². The zero-order valence-corrected chi connectivity index (χ0v) is 10.9. The summed E-state index contributed by atoms with van der Waals surface area (Å²) in [4.78, 5) is 11.3. The summed E-state index contributed by atoms with van der Waals surface area (Å²) in [7, 11) is -2.19. The van der Waals surface area contributed by atoms with Gasteiger partial charge in [0.05, 0.1) is 5.33 Å². The average molecular weight is 307 g/mol. The summed E-state index contributed by atoms with van der Waals surface area (Å²) in [6, 6.07) is 6.20. The van der Waals surface area contributed by atoms with Gasteiger partial charge in [0.25, 0.3) is 10.2 Å². The molecular weight excluding hydrogens is 296 g/mol. The van der Waals surface area contributed by atoms with Gasteiger partial charge < -0.3 is 0 Å². The van der Waals surface area contributed by atoms with Crippen molar-refractivity contribution in [3.8, 4) is 0 Å². The second-order valence-electron chi connectivity index (χ2n) is 2.94. The summed E-state index contributed by atoms with van der Waals surface area (Å²) in [6.07, 6.45) is 0.